The monoisotopic (exact) mass is 406 g/mol. The first-order valence-corrected chi connectivity index (χ1v) is 9.65. The number of halogens is 1. The first-order valence-electron chi connectivity index (χ1n) is 9.27. The summed E-state index contributed by atoms with van der Waals surface area (Å²) < 4.78 is 11.0. The molecule has 0 radical (unpaired) electrons. The second kappa shape index (κ2) is 10.4. The molecule has 0 aliphatic carbocycles. The minimum absolute atomic E-state index is 0.133. The number of carbonyl (C=O) groups is 2. The van der Waals surface area contributed by atoms with Crippen LogP contribution in [0.3, 0.4) is 0 Å². The fourth-order valence-corrected chi connectivity index (χ4v) is 3.54. The third kappa shape index (κ3) is 5.01. The van der Waals surface area contributed by atoms with Gasteiger partial charge in [-0.3, -0.25) is 4.79 Å². The van der Waals surface area contributed by atoms with E-state index in [9.17, 15) is 9.59 Å². The Bertz CT molecular complexity index is 801. The summed E-state index contributed by atoms with van der Waals surface area (Å²) in [6, 6.07) is 7.22. The number of ether oxygens (including phenoxy) is 2. The average molecular weight is 407 g/mol. The van der Waals surface area contributed by atoms with Crippen molar-refractivity contribution >= 4 is 23.4 Å². The minimum Gasteiger partial charge on any atom is -0.463 e. The maximum absolute atomic E-state index is 12.9. The number of hydrogen-bond donors (Lipinski definition) is 2. The van der Waals surface area contributed by atoms with Crippen molar-refractivity contribution in [3.05, 3.63) is 57.4 Å². The first kappa shape index (κ1) is 22.1. The van der Waals surface area contributed by atoms with Gasteiger partial charge in [0.2, 0.25) is 0 Å². The summed E-state index contributed by atoms with van der Waals surface area (Å²) in [4.78, 5) is 25.4. The van der Waals surface area contributed by atoms with Gasteiger partial charge in [-0.25, -0.2) is 4.79 Å². The van der Waals surface area contributed by atoms with Gasteiger partial charge in [0.1, 0.15) is 0 Å². The zero-order valence-electron chi connectivity index (χ0n) is 16.7. The van der Waals surface area contributed by atoms with Crippen LogP contribution in [0, 0.1) is 0 Å². The van der Waals surface area contributed by atoms with Gasteiger partial charge in [0, 0.05) is 28.8 Å². The van der Waals surface area contributed by atoms with Gasteiger partial charge in [-0.1, -0.05) is 29.8 Å². The molecule has 0 amide bonds. The van der Waals surface area contributed by atoms with Crippen LogP contribution < -0.4 is 10.6 Å². The van der Waals surface area contributed by atoms with E-state index in [-0.39, 0.29) is 19.0 Å². The summed E-state index contributed by atoms with van der Waals surface area (Å²) in [5.74, 6) is -1.24. The van der Waals surface area contributed by atoms with Gasteiger partial charge in [-0.15, -0.1) is 0 Å². The molecule has 1 aromatic rings. The number of benzene rings is 1. The Kier molecular flexibility index (Phi) is 8.23. The van der Waals surface area contributed by atoms with Gasteiger partial charge < -0.3 is 20.1 Å². The molecular formula is C21H27ClN2O4. The van der Waals surface area contributed by atoms with Crippen molar-refractivity contribution in [2.45, 2.75) is 26.7 Å². The number of ketones is 1. The summed E-state index contributed by atoms with van der Waals surface area (Å²) in [5.41, 5.74) is 2.80. The Morgan fingerprint density at radius 1 is 1.25 bits per heavy atom. The predicted molar refractivity (Wildman–Crippen MR) is 109 cm³/mol. The Balaban J connectivity index is 2.59. The van der Waals surface area contributed by atoms with Crippen LogP contribution in [-0.4, -0.2) is 45.2 Å². The number of nitrogens with one attached hydrogen (secondary N) is 2. The van der Waals surface area contributed by atoms with E-state index in [0.29, 0.717) is 46.3 Å². The molecule has 152 valence electrons. The van der Waals surface area contributed by atoms with E-state index in [1.54, 1.807) is 13.0 Å². The smallest absolute Gasteiger partial charge is 0.336 e. The fraction of sp³-hybridized carbons (Fsp3) is 0.429. The lowest BCUT2D eigenvalue weighted by atomic mass is 9.79. The summed E-state index contributed by atoms with van der Waals surface area (Å²) in [6.45, 7) is 6.64. The van der Waals surface area contributed by atoms with Crippen molar-refractivity contribution in [2.24, 2.45) is 0 Å². The molecule has 28 heavy (non-hydrogen) atoms. The molecule has 0 saturated carbocycles. The normalized spacial score (nSPS) is 16.8. The molecule has 0 unspecified atom stereocenters. The minimum atomic E-state index is -0.616. The van der Waals surface area contributed by atoms with Gasteiger partial charge in [0.05, 0.1) is 31.1 Å². The number of allylic oxidation sites excluding steroid dienone is 2. The molecule has 0 saturated heterocycles. The SMILES string of the molecule is CCOC(=O)C1=C(COCCNC)NC(C)=C(C(C)=O)[C@H]1c1ccccc1Cl. The molecule has 1 aliphatic heterocycles. The quantitative estimate of drug-likeness (QED) is 0.485. The van der Waals surface area contributed by atoms with Gasteiger partial charge in [-0.2, -0.15) is 0 Å². The van der Waals surface area contributed by atoms with Gasteiger partial charge >= 0.3 is 5.97 Å². The summed E-state index contributed by atoms with van der Waals surface area (Å²) in [7, 11) is 1.84. The highest BCUT2D eigenvalue weighted by Gasteiger charge is 2.37. The fourth-order valence-electron chi connectivity index (χ4n) is 3.30. The zero-order valence-corrected chi connectivity index (χ0v) is 17.5. The van der Waals surface area contributed by atoms with Crippen molar-refractivity contribution < 1.29 is 19.1 Å². The molecule has 1 aromatic carbocycles. The topological polar surface area (TPSA) is 76.7 Å². The Morgan fingerprint density at radius 3 is 2.57 bits per heavy atom. The number of dihydropyridines is 1. The largest absolute Gasteiger partial charge is 0.463 e. The van der Waals surface area contributed by atoms with Crippen molar-refractivity contribution in [1.29, 1.82) is 0 Å². The highest BCUT2D eigenvalue weighted by Crippen LogP contribution is 2.41. The lowest BCUT2D eigenvalue weighted by Gasteiger charge is -2.32. The van der Waals surface area contributed by atoms with Crippen LogP contribution in [0.1, 0.15) is 32.3 Å². The molecule has 1 heterocycles. The van der Waals surface area contributed by atoms with Crippen LogP contribution in [0.4, 0.5) is 0 Å². The van der Waals surface area contributed by atoms with E-state index in [1.165, 1.54) is 6.92 Å². The number of likely N-dealkylation sites (N-methyl/N-ethyl adjacent to an activating group) is 1. The Labute approximate surface area is 170 Å². The molecule has 0 fully saturated rings. The molecule has 6 nitrogen and oxygen atoms in total. The molecule has 2 N–H and O–H groups in total. The Hall–Kier alpha value is -2.15. The number of Topliss-reactive ketones (excluding diaryl/α,β-unsaturated/α-hetero) is 1. The number of rotatable bonds is 9. The second-order valence-corrected chi connectivity index (χ2v) is 6.85. The van der Waals surface area contributed by atoms with Crippen LogP contribution in [0.25, 0.3) is 0 Å². The van der Waals surface area contributed by atoms with Crippen LogP contribution >= 0.6 is 11.6 Å². The zero-order chi connectivity index (χ0) is 20.7. The maximum Gasteiger partial charge on any atom is 0.336 e. The van der Waals surface area contributed by atoms with Gasteiger partial charge in [0.25, 0.3) is 0 Å². The maximum atomic E-state index is 12.9. The van der Waals surface area contributed by atoms with E-state index >= 15 is 0 Å². The molecule has 0 spiro atoms. The summed E-state index contributed by atoms with van der Waals surface area (Å²) in [6.07, 6.45) is 0. The first-order chi connectivity index (χ1) is 13.4. The molecule has 1 atom stereocenters. The van der Waals surface area contributed by atoms with Gasteiger partial charge in [-0.05, 0) is 39.4 Å². The van der Waals surface area contributed by atoms with Crippen molar-refractivity contribution in [3.63, 3.8) is 0 Å². The van der Waals surface area contributed by atoms with E-state index in [0.717, 1.165) is 0 Å². The predicted octanol–water partition coefficient (Wildman–Crippen LogP) is 2.94. The van der Waals surface area contributed by atoms with Crippen LogP contribution in [-0.2, 0) is 19.1 Å². The van der Waals surface area contributed by atoms with E-state index < -0.39 is 11.9 Å². The van der Waals surface area contributed by atoms with Crippen molar-refractivity contribution in [2.75, 3.05) is 33.4 Å². The summed E-state index contributed by atoms with van der Waals surface area (Å²) in [5, 5.41) is 6.67. The van der Waals surface area contributed by atoms with E-state index in [2.05, 4.69) is 10.6 Å². The molecule has 1 aliphatic rings. The molecule has 2 rings (SSSR count). The summed E-state index contributed by atoms with van der Waals surface area (Å²) >= 11 is 6.45. The molecule has 0 bridgehead atoms. The third-order valence-electron chi connectivity index (χ3n) is 4.48. The molecule has 7 heteroatoms. The second-order valence-electron chi connectivity index (χ2n) is 6.44. The van der Waals surface area contributed by atoms with Crippen molar-refractivity contribution in [3.8, 4) is 0 Å². The standard InChI is InChI=1S/C21H27ClN2O4/c1-5-28-21(26)20-17(12-27-11-10-23-4)24-13(2)18(14(3)25)19(20)15-8-6-7-9-16(15)22/h6-9,19,23-24H,5,10-12H2,1-4H3/t19-/m1/s1. The van der Waals surface area contributed by atoms with E-state index in [1.807, 2.05) is 32.2 Å². The van der Waals surface area contributed by atoms with Crippen molar-refractivity contribution in [1.82, 2.24) is 10.6 Å². The van der Waals surface area contributed by atoms with Crippen LogP contribution in [0.15, 0.2) is 46.8 Å². The number of esters is 1. The number of hydrogen-bond acceptors (Lipinski definition) is 6. The Morgan fingerprint density at radius 2 is 1.96 bits per heavy atom. The lowest BCUT2D eigenvalue weighted by Crippen LogP contribution is -2.34. The number of carbonyl (C=O) groups excluding carboxylic acids is 2. The van der Waals surface area contributed by atoms with E-state index in [4.69, 9.17) is 21.1 Å². The average Bonchev–Trinajstić information content (AvgIpc) is 2.65. The van der Waals surface area contributed by atoms with Gasteiger partial charge in [0.15, 0.2) is 5.78 Å². The molecular weight excluding hydrogens is 380 g/mol. The highest BCUT2D eigenvalue weighted by atomic mass is 35.5. The highest BCUT2D eigenvalue weighted by molar-refractivity contribution is 6.31. The van der Waals surface area contributed by atoms with Crippen LogP contribution in [0.2, 0.25) is 5.02 Å². The van der Waals surface area contributed by atoms with Crippen LogP contribution in [0.5, 0.6) is 0 Å². The molecule has 0 aromatic heterocycles. The lowest BCUT2D eigenvalue weighted by molar-refractivity contribution is -0.138. The third-order valence-corrected chi connectivity index (χ3v) is 4.82.